The minimum atomic E-state index is -0.145. The predicted molar refractivity (Wildman–Crippen MR) is 109 cm³/mol. The molecule has 1 aromatic carbocycles. The summed E-state index contributed by atoms with van der Waals surface area (Å²) in [5, 5.41) is 0.439. The van der Waals surface area contributed by atoms with Gasteiger partial charge in [-0.25, -0.2) is 4.98 Å². The molecule has 0 spiro atoms. The fraction of sp³-hybridized carbons (Fsp3) is 0.238. The Kier molecular flexibility index (Phi) is 4.97. The first kappa shape index (κ1) is 17.8. The van der Waals surface area contributed by atoms with E-state index in [0.29, 0.717) is 16.4 Å². The number of benzene rings is 1. The van der Waals surface area contributed by atoms with E-state index in [-0.39, 0.29) is 5.56 Å². The molecule has 0 N–H and O–H groups in total. The fourth-order valence-corrected chi connectivity index (χ4v) is 3.38. The number of aryl methyl sites for hydroxylation is 1. The highest BCUT2D eigenvalue weighted by molar-refractivity contribution is 6.51. The van der Waals surface area contributed by atoms with Gasteiger partial charge in [-0.2, -0.15) is 0 Å². The molecule has 2 aromatic heterocycles. The summed E-state index contributed by atoms with van der Waals surface area (Å²) in [5.74, 6) is 0. The van der Waals surface area contributed by atoms with Gasteiger partial charge < -0.3 is 9.64 Å². The first-order valence-electron chi connectivity index (χ1n) is 8.90. The molecule has 1 saturated heterocycles. The van der Waals surface area contributed by atoms with Crippen LogP contribution < -0.4 is 10.5 Å². The quantitative estimate of drug-likeness (QED) is 0.695. The molecule has 27 heavy (non-hydrogen) atoms. The molecule has 138 valence electrons. The van der Waals surface area contributed by atoms with Crippen molar-refractivity contribution in [3.63, 3.8) is 0 Å². The van der Waals surface area contributed by atoms with E-state index in [2.05, 4.69) is 22.0 Å². The molecule has 1 aliphatic rings. The van der Waals surface area contributed by atoms with Crippen LogP contribution in [0.2, 0.25) is 0 Å². The second-order valence-electron chi connectivity index (χ2n) is 6.60. The van der Waals surface area contributed by atoms with Gasteiger partial charge in [-0.3, -0.25) is 9.20 Å². The highest BCUT2D eigenvalue weighted by Gasteiger charge is 2.11. The maximum absolute atomic E-state index is 12.3. The molecule has 0 aliphatic carbocycles. The Morgan fingerprint density at radius 2 is 1.89 bits per heavy atom. The van der Waals surface area contributed by atoms with Crippen LogP contribution in [-0.4, -0.2) is 35.7 Å². The summed E-state index contributed by atoms with van der Waals surface area (Å²) >= 11 is 6.46. The molecule has 4 rings (SSSR count). The molecule has 3 heterocycles. The molecule has 1 aliphatic heterocycles. The van der Waals surface area contributed by atoms with E-state index in [9.17, 15) is 4.79 Å². The van der Waals surface area contributed by atoms with E-state index >= 15 is 0 Å². The third-order valence-corrected chi connectivity index (χ3v) is 4.92. The van der Waals surface area contributed by atoms with Crippen molar-refractivity contribution in [2.75, 3.05) is 31.2 Å². The maximum Gasteiger partial charge on any atom is 0.258 e. The molecular weight excluding hydrogens is 362 g/mol. The number of morpholine rings is 1. The molecule has 0 amide bonds. The Balaban J connectivity index is 1.61. The molecule has 3 aromatic rings. The van der Waals surface area contributed by atoms with Crippen LogP contribution in [-0.2, 0) is 4.74 Å². The maximum atomic E-state index is 12.3. The molecule has 0 saturated carbocycles. The van der Waals surface area contributed by atoms with Gasteiger partial charge in [0.1, 0.15) is 5.65 Å². The molecule has 1 fully saturated rings. The van der Waals surface area contributed by atoms with Crippen LogP contribution in [0, 0.1) is 6.92 Å². The first-order valence-corrected chi connectivity index (χ1v) is 9.28. The van der Waals surface area contributed by atoms with Gasteiger partial charge in [-0.1, -0.05) is 29.8 Å². The normalized spacial score (nSPS) is 15.3. The Bertz CT molecular complexity index is 1050. The topological polar surface area (TPSA) is 46.8 Å². The van der Waals surface area contributed by atoms with Crippen LogP contribution in [0.5, 0.6) is 0 Å². The van der Waals surface area contributed by atoms with Crippen LogP contribution in [0.3, 0.4) is 0 Å². The SMILES string of the molecule is Cc1ccc2nc(/C(Cl)=C/c3ccc(N4CCOCC4)cc3)cc(=O)n2c1. The molecular formula is C21H20ClN3O2. The second-order valence-corrected chi connectivity index (χ2v) is 7.00. The van der Waals surface area contributed by atoms with Gasteiger partial charge in [0.2, 0.25) is 0 Å². The summed E-state index contributed by atoms with van der Waals surface area (Å²) in [4.78, 5) is 19.2. The number of aromatic nitrogens is 2. The minimum absolute atomic E-state index is 0.145. The van der Waals surface area contributed by atoms with Crippen molar-refractivity contribution in [1.82, 2.24) is 9.38 Å². The van der Waals surface area contributed by atoms with Gasteiger partial charge >= 0.3 is 0 Å². The number of pyridine rings is 1. The van der Waals surface area contributed by atoms with Crippen molar-refractivity contribution in [3.05, 3.63) is 75.8 Å². The standard InChI is InChI=1S/C21H20ClN3O2/c1-15-2-7-20-23-19(13-21(26)25(20)14-15)18(22)12-16-3-5-17(6-4-16)24-8-10-27-11-9-24/h2-7,12-14H,8-11H2,1H3/b18-12-. The van der Waals surface area contributed by atoms with E-state index < -0.39 is 0 Å². The van der Waals surface area contributed by atoms with E-state index in [4.69, 9.17) is 16.3 Å². The molecule has 0 bridgehead atoms. The molecule has 0 unspecified atom stereocenters. The van der Waals surface area contributed by atoms with Crippen LogP contribution in [0.15, 0.2) is 53.5 Å². The smallest absolute Gasteiger partial charge is 0.258 e. The van der Waals surface area contributed by atoms with Gasteiger partial charge in [0.15, 0.2) is 0 Å². The lowest BCUT2D eigenvalue weighted by atomic mass is 10.1. The Morgan fingerprint density at radius 3 is 2.63 bits per heavy atom. The number of hydrogen-bond acceptors (Lipinski definition) is 4. The summed E-state index contributed by atoms with van der Waals surface area (Å²) in [6.07, 6.45) is 3.60. The van der Waals surface area contributed by atoms with Crippen molar-refractivity contribution >= 4 is 34.0 Å². The largest absolute Gasteiger partial charge is 0.378 e. The minimum Gasteiger partial charge on any atom is -0.378 e. The zero-order valence-corrected chi connectivity index (χ0v) is 15.8. The highest BCUT2D eigenvalue weighted by atomic mass is 35.5. The second kappa shape index (κ2) is 7.55. The third kappa shape index (κ3) is 3.89. The summed E-state index contributed by atoms with van der Waals surface area (Å²) in [6, 6.07) is 13.4. The first-order chi connectivity index (χ1) is 13.1. The van der Waals surface area contributed by atoms with Crippen LogP contribution in [0.1, 0.15) is 16.8 Å². The van der Waals surface area contributed by atoms with Crippen molar-refractivity contribution in [3.8, 4) is 0 Å². The van der Waals surface area contributed by atoms with Gasteiger partial charge in [0, 0.05) is 31.0 Å². The lowest BCUT2D eigenvalue weighted by molar-refractivity contribution is 0.122. The van der Waals surface area contributed by atoms with Gasteiger partial charge in [0.05, 0.1) is 23.9 Å². The number of ether oxygens (including phenoxy) is 1. The summed E-state index contributed by atoms with van der Waals surface area (Å²) in [6.45, 7) is 5.26. The van der Waals surface area contributed by atoms with Gasteiger partial charge in [-0.05, 0) is 42.3 Å². The monoisotopic (exact) mass is 381 g/mol. The van der Waals surface area contributed by atoms with Crippen molar-refractivity contribution in [2.45, 2.75) is 6.92 Å². The van der Waals surface area contributed by atoms with Gasteiger partial charge in [-0.15, -0.1) is 0 Å². The zero-order chi connectivity index (χ0) is 18.8. The van der Waals surface area contributed by atoms with Crippen molar-refractivity contribution in [2.24, 2.45) is 0 Å². The number of anilines is 1. The average molecular weight is 382 g/mol. The van der Waals surface area contributed by atoms with E-state index in [1.165, 1.54) is 16.2 Å². The van der Waals surface area contributed by atoms with E-state index in [1.54, 1.807) is 6.20 Å². The predicted octanol–water partition coefficient (Wildman–Crippen LogP) is 3.58. The van der Waals surface area contributed by atoms with Crippen molar-refractivity contribution in [1.29, 1.82) is 0 Å². The zero-order valence-electron chi connectivity index (χ0n) is 15.1. The summed E-state index contributed by atoms with van der Waals surface area (Å²) in [7, 11) is 0. The Hall–Kier alpha value is -2.63. The van der Waals surface area contributed by atoms with Crippen LogP contribution in [0.25, 0.3) is 16.8 Å². The number of fused-ring (bicyclic) bond motifs is 1. The van der Waals surface area contributed by atoms with Crippen molar-refractivity contribution < 1.29 is 4.74 Å². The van der Waals surface area contributed by atoms with Gasteiger partial charge in [0.25, 0.3) is 5.56 Å². The number of halogens is 1. The summed E-state index contributed by atoms with van der Waals surface area (Å²) in [5.41, 5.74) is 4.04. The molecule has 5 nitrogen and oxygen atoms in total. The summed E-state index contributed by atoms with van der Waals surface area (Å²) < 4.78 is 6.92. The molecule has 6 heteroatoms. The van der Waals surface area contributed by atoms with Crippen LogP contribution >= 0.6 is 11.6 Å². The Morgan fingerprint density at radius 1 is 1.15 bits per heavy atom. The highest BCUT2D eigenvalue weighted by Crippen LogP contribution is 2.22. The number of nitrogens with zero attached hydrogens (tertiary/aromatic N) is 3. The lowest BCUT2D eigenvalue weighted by Crippen LogP contribution is -2.36. The third-order valence-electron chi connectivity index (χ3n) is 4.61. The molecule has 0 radical (unpaired) electrons. The molecule has 0 atom stereocenters. The lowest BCUT2D eigenvalue weighted by Gasteiger charge is -2.28. The van der Waals surface area contributed by atoms with E-state index in [1.807, 2.05) is 37.3 Å². The Labute approximate surface area is 162 Å². The van der Waals surface area contributed by atoms with E-state index in [0.717, 1.165) is 37.4 Å². The fourth-order valence-electron chi connectivity index (χ4n) is 3.15. The average Bonchev–Trinajstić information content (AvgIpc) is 2.69. The van der Waals surface area contributed by atoms with Crippen LogP contribution in [0.4, 0.5) is 5.69 Å². The number of hydrogen-bond donors (Lipinski definition) is 0. The number of rotatable bonds is 3.